The Morgan fingerprint density at radius 1 is 1.30 bits per heavy atom. The fraction of sp³-hybridized carbons (Fsp3) is 0.619. The molecule has 0 bridgehead atoms. The molecule has 1 atom stereocenters. The number of hydrogen-bond donors (Lipinski definition) is 1. The average molecular weight is 415 g/mol. The molecule has 0 aromatic heterocycles. The maximum Gasteiger partial charge on any atom is 0.410 e. The van der Waals surface area contributed by atoms with Crippen LogP contribution in [0.1, 0.15) is 40.0 Å². The molecule has 1 N–H and O–H groups in total. The van der Waals surface area contributed by atoms with Crippen LogP contribution in [0.25, 0.3) is 10.4 Å². The van der Waals surface area contributed by atoms with Gasteiger partial charge in [0.25, 0.3) is 0 Å². The lowest BCUT2D eigenvalue weighted by Crippen LogP contribution is -2.44. The number of benzene rings is 1. The molecule has 2 heterocycles. The van der Waals surface area contributed by atoms with E-state index >= 15 is 0 Å². The molecule has 1 aromatic rings. The smallest absolute Gasteiger partial charge is 0.410 e. The van der Waals surface area contributed by atoms with E-state index < -0.39 is 5.60 Å². The Morgan fingerprint density at radius 3 is 2.67 bits per heavy atom. The van der Waals surface area contributed by atoms with Gasteiger partial charge in [-0.25, -0.2) is 4.79 Å². The van der Waals surface area contributed by atoms with Crippen LogP contribution in [0, 0.1) is 5.92 Å². The molecule has 2 aliphatic heterocycles. The van der Waals surface area contributed by atoms with Gasteiger partial charge in [0, 0.05) is 43.6 Å². The van der Waals surface area contributed by atoms with Crippen LogP contribution in [0.15, 0.2) is 29.4 Å². The number of amides is 2. The van der Waals surface area contributed by atoms with Crippen molar-refractivity contribution in [3.8, 4) is 0 Å². The fourth-order valence-electron chi connectivity index (χ4n) is 3.87. The highest BCUT2D eigenvalue weighted by atomic mass is 16.6. The molecule has 0 aliphatic carbocycles. The summed E-state index contributed by atoms with van der Waals surface area (Å²) in [6, 6.07) is 7.98. The average Bonchev–Trinajstić information content (AvgIpc) is 3.06. The first-order chi connectivity index (χ1) is 14.3. The van der Waals surface area contributed by atoms with Crippen LogP contribution in [-0.4, -0.2) is 54.7 Å². The van der Waals surface area contributed by atoms with Gasteiger partial charge in [0.2, 0.25) is 5.91 Å². The molecule has 3 rings (SSSR count). The molecular weight excluding hydrogens is 384 g/mol. The van der Waals surface area contributed by atoms with Crippen molar-refractivity contribution in [3.05, 3.63) is 34.7 Å². The maximum atomic E-state index is 12.5. The lowest BCUT2D eigenvalue weighted by molar-refractivity contribution is -0.117. The molecule has 9 nitrogen and oxygen atoms in total. The molecule has 2 fully saturated rings. The highest BCUT2D eigenvalue weighted by molar-refractivity contribution is 5.98. The molecule has 0 spiro atoms. The highest BCUT2D eigenvalue weighted by Crippen LogP contribution is 2.33. The Hall–Kier alpha value is -2.93. The third-order valence-electron chi connectivity index (χ3n) is 5.31. The molecule has 2 aliphatic rings. The van der Waals surface area contributed by atoms with Crippen LogP contribution in [0.3, 0.4) is 0 Å². The summed E-state index contributed by atoms with van der Waals surface area (Å²) in [5.41, 5.74) is 9.79. The monoisotopic (exact) mass is 414 g/mol. The van der Waals surface area contributed by atoms with Gasteiger partial charge in [0.05, 0.1) is 11.4 Å². The van der Waals surface area contributed by atoms with Crippen LogP contribution in [0.4, 0.5) is 16.2 Å². The molecule has 1 unspecified atom stereocenters. The number of carbonyl (C=O) groups excluding carboxylic acids is 2. The van der Waals surface area contributed by atoms with E-state index in [1.807, 2.05) is 45.0 Å². The number of azide groups is 1. The summed E-state index contributed by atoms with van der Waals surface area (Å²) in [7, 11) is 0. The van der Waals surface area contributed by atoms with E-state index in [-0.39, 0.29) is 24.0 Å². The van der Waals surface area contributed by atoms with Gasteiger partial charge in [-0.1, -0.05) is 17.2 Å². The molecule has 30 heavy (non-hydrogen) atoms. The summed E-state index contributed by atoms with van der Waals surface area (Å²) in [6.07, 6.45) is 1.74. The van der Waals surface area contributed by atoms with Gasteiger partial charge < -0.3 is 19.9 Å². The largest absolute Gasteiger partial charge is 0.444 e. The maximum absolute atomic E-state index is 12.5. The van der Waals surface area contributed by atoms with E-state index in [4.69, 9.17) is 10.3 Å². The van der Waals surface area contributed by atoms with E-state index in [1.54, 1.807) is 9.80 Å². The number of piperidine rings is 1. The molecule has 2 saturated heterocycles. The van der Waals surface area contributed by atoms with Crippen molar-refractivity contribution in [3.63, 3.8) is 0 Å². The topological polar surface area (TPSA) is 111 Å². The van der Waals surface area contributed by atoms with E-state index in [9.17, 15) is 9.59 Å². The van der Waals surface area contributed by atoms with Gasteiger partial charge in [-0.15, -0.1) is 0 Å². The number of nitrogens with one attached hydrogen (secondary N) is 1. The number of nitrogens with zero attached hydrogens (tertiary/aromatic N) is 5. The summed E-state index contributed by atoms with van der Waals surface area (Å²) in [6.45, 7) is 7.75. The lowest BCUT2D eigenvalue weighted by Gasteiger charge is -2.34. The second-order valence-corrected chi connectivity index (χ2v) is 8.89. The SMILES string of the molecule is CC(C)(C)OC(=O)N1CCC(Nc2ccccc2N2CC(CN=[N+]=[N-])CC2=O)CC1. The van der Waals surface area contributed by atoms with Crippen LogP contribution in [-0.2, 0) is 9.53 Å². The van der Waals surface area contributed by atoms with Crippen molar-refractivity contribution in [2.75, 3.05) is 36.4 Å². The predicted octanol–water partition coefficient (Wildman–Crippen LogP) is 4.16. The summed E-state index contributed by atoms with van der Waals surface area (Å²) in [5, 5.41) is 7.18. The predicted molar refractivity (Wildman–Crippen MR) is 115 cm³/mol. The standard InChI is InChI=1S/C21H30N6O3/c1-21(2,3)30-20(29)26-10-8-16(9-11-26)24-17-6-4-5-7-18(17)27-14-15(12-19(27)28)13-23-25-22/h4-7,15-16,24H,8-14H2,1-3H3. The molecular formula is C21H30N6O3. The molecule has 1 aromatic carbocycles. The minimum Gasteiger partial charge on any atom is -0.444 e. The zero-order valence-corrected chi connectivity index (χ0v) is 17.9. The minimum atomic E-state index is -0.496. The molecule has 9 heteroatoms. The van der Waals surface area contributed by atoms with Crippen molar-refractivity contribution in [2.24, 2.45) is 11.0 Å². The van der Waals surface area contributed by atoms with Crippen LogP contribution < -0.4 is 10.2 Å². The lowest BCUT2D eigenvalue weighted by atomic mass is 10.0. The number of anilines is 2. The zero-order valence-electron chi connectivity index (χ0n) is 17.9. The van der Waals surface area contributed by atoms with Gasteiger partial charge in [-0.3, -0.25) is 4.79 Å². The Morgan fingerprint density at radius 2 is 2.00 bits per heavy atom. The third kappa shape index (κ3) is 5.57. The Labute approximate surface area is 177 Å². The third-order valence-corrected chi connectivity index (χ3v) is 5.31. The normalized spacial score (nSPS) is 20.1. The second kappa shape index (κ2) is 9.26. The second-order valence-electron chi connectivity index (χ2n) is 8.89. The quantitative estimate of drug-likeness (QED) is 0.443. The summed E-state index contributed by atoms with van der Waals surface area (Å²) < 4.78 is 5.46. The first-order valence-corrected chi connectivity index (χ1v) is 10.4. The number of likely N-dealkylation sites (tertiary alicyclic amines) is 1. The summed E-state index contributed by atoms with van der Waals surface area (Å²) >= 11 is 0. The first kappa shape index (κ1) is 21.8. The van der Waals surface area contributed by atoms with Gasteiger partial charge in [0.15, 0.2) is 0 Å². The van der Waals surface area contributed by atoms with Crippen LogP contribution in [0.2, 0.25) is 0 Å². The van der Waals surface area contributed by atoms with Crippen LogP contribution >= 0.6 is 0 Å². The van der Waals surface area contributed by atoms with E-state index in [2.05, 4.69) is 15.3 Å². The van der Waals surface area contributed by atoms with Crippen molar-refractivity contribution in [1.82, 2.24) is 4.90 Å². The van der Waals surface area contributed by atoms with Crippen LogP contribution in [0.5, 0.6) is 0 Å². The zero-order chi connectivity index (χ0) is 21.7. The molecule has 2 amide bonds. The number of rotatable bonds is 5. The van der Waals surface area contributed by atoms with E-state index in [0.717, 1.165) is 24.2 Å². The number of ether oxygens (including phenoxy) is 1. The number of para-hydroxylation sites is 2. The number of hydrogen-bond acceptors (Lipinski definition) is 5. The fourth-order valence-corrected chi connectivity index (χ4v) is 3.87. The Bertz CT molecular complexity index is 822. The van der Waals surface area contributed by atoms with Crippen molar-refractivity contribution < 1.29 is 14.3 Å². The van der Waals surface area contributed by atoms with Crippen molar-refractivity contribution >= 4 is 23.4 Å². The van der Waals surface area contributed by atoms with E-state index in [1.165, 1.54) is 0 Å². The minimum absolute atomic E-state index is 0.0403. The Kier molecular flexibility index (Phi) is 6.72. The van der Waals surface area contributed by atoms with Crippen molar-refractivity contribution in [2.45, 2.75) is 51.7 Å². The van der Waals surface area contributed by atoms with Crippen molar-refractivity contribution in [1.29, 1.82) is 0 Å². The Balaban J connectivity index is 1.61. The molecule has 162 valence electrons. The highest BCUT2D eigenvalue weighted by Gasteiger charge is 2.32. The molecule has 0 radical (unpaired) electrons. The number of carbonyl (C=O) groups is 2. The van der Waals surface area contributed by atoms with Gasteiger partial charge in [-0.05, 0) is 57.2 Å². The summed E-state index contributed by atoms with van der Waals surface area (Å²) in [4.78, 5) is 31.1. The first-order valence-electron chi connectivity index (χ1n) is 10.4. The summed E-state index contributed by atoms with van der Waals surface area (Å²) in [5.74, 6) is 0.0839. The molecule has 0 saturated carbocycles. The van der Waals surface area contributed by atoms with Gasteiger partial charge in [0.1, 0.15) is 5.60 Å². The van der Waals surface area contributed by atoms with E-state index in [0.29, 0.717) is 32.6 Å². The van der Waals surface area contributed by atoms with Gasteiger partial charge >= 0.3 is 6.09 Å². The van der Waals surface area contributed by atoms with Gasteiger partial charge in [-0.2, -0.15) is 0 Å².